The Labute approximate surface area is 111 Å². The standard InChI is InChI=1S/C11H11F2N3O4/c12-7-5-9(16(19)20)8(13)4-6(7)11(18)15-3-1-2-10(14)17/h4-5H,1-3H2,(H2,14,17)(H,15,18). The molecule has 1 aromatic carbocycles. The van der Waals surface area contributed by atoms with Gasteiger partial charge in [-0.25, -0.2) is 4.39 Å². The second-order valence-corrected chi connectivity index (χ2v) is 3.87. The first-order chi connectivity index (χ1) is 9.32. The summed E-state index contributed by atoms with van der Waals surface area (Å²) in [6.07, 6.45) is 0.287. The highest BCUT2D eigenvalue weighted by molar-refractivity contribution is 5.94. The number of carbonyl (C=O) groups is 2. The number of rotatable bonds is 6. The number of nitrogens with two attached hydrogens (primary N) is 1. The molecule has 20 heavy (non-hydrogen) atoms. The van der Waals surface area contributed by atoms with E-state index in [2.05, 4.69) is 5.32 Å². The summed E-state index contributed by atoms with van der Waals surface area (Å²) in [5.41, 5.74) is 3.19. The normalized spacial score (nSPS) is 10.1. The van der Waals surface area contributed by atoms with Crippen molar-refractivity contribution in [3.8, 4) is 0 Å². The van der Waals surface area contributed by atoms with E-state index >= 15 is 0 Å². The Hall–Kier alpha value is -2.58. The van der Waals surface area contributed by atoms with Crippen LogP contribution in [-0.4, -0.2) is 23.3 Å². The van der Waals surface area contributed by atoms with Crippen LogP contribution < -0.4 is 11.1 Å². The first kappa shape index (κ1) is 15.5. The zero-order valence-electron chi connectivity index (χ0n) is 10.2. The monoisotopic (exact) mass is 287 g/mol. The van der Waals surface area contributed by atoms with Crippen LogP contribution in [0.25, 0.3) is 0 Å². The summed E-state index contributed by atoms with van der Waals surface area (Å²) in [7, 11) is 0. The summed E-state index contributed by atoms with van der Waals surface area (Å²) < 4.78 is 26.8. The summed E-state index contributed by atoms with van der Waals surface area (Å²) in [6.45, 7) is 0.0415. The minimum Gasteiger partial charge on any atom is -0.370 e. The van der Waals surface area contributed by atoms with E-state index in [-0.39, 0.29) is 19.4 Å². The van der Waals surface area contributed by atoms with Crippen molar-refractivity contribution >= 4 is 17.5 Å². The topological polar surface area (TPSA) is 115 Å². The highest BCUT2D eigenvalue weighted by atomic mass is 19.1. The minimum absolute atomic E-state index is 0.0391. The molecule has 0 bridgehead atoms. The zero-order chi connectivity index (χ0) is 15.3. The maximum absolute atomic E-state index is 13.5. The lowest BCUT2D eigenvalue weighted by Crippen LogP contribution is -2.26. The first-order valence-electron chi connectivity index (χ1n) is 5.53. The molecule has 0 saturated carbocycles. The SMILES string of the molecule is NC(=O)CCCNC(=O)c1cc(F)c([N+](=O)[O-])cc1F. The Morgan fingerprint density at radius 3 is 2.50 bits per heavy atom. The number of halogens is 2. The third-order valence-electron chi connectivity index (χ3n) is 2.36. The maximum Gasteiger partial charge on any atom is 0.307 e. The molecular formula is C11H11F2N3O4. The molecule has 0 unspecified atom stereocenters. The van der Waals surface area contributed by atoms with Crippen LogP contribution in [0.1, 0.15) is 23.2 Å². The molecule has 7 nitrogen and oxygen atoms in total. The number of primary amides is 1. The number of hydrogen-bond donors (Lipinski definition) is 2. The molecule has 2 amide bonds. The van der Waals surface area contributed by atoms with Crippen LogP contribution in [-0.2, 0) is 4.79 Å². The number of carbonyl (C=O) groups excluding carboxylic acids is 2. The van der Waals surface area contributed by atoms with E-state index in [1.165, 1.54) is 0 Å². The van der Waals surface area contributed by atoms with Gasteiger partial charge in [0.25, 0.3) is 5.91 Å². The number of nitro benzene ring substituents is 1. The van der Waals surface area contributed by atoms with Crippen molar-refractivity contribution in [2.45, 2.75) is 12.8 Å². The molecule has 3 N–H and O–H groups in total. The number of nitrogens with zero attached hydrogens (tertiary/aromatic N) is 1. The van der Waals surface area contributed by atoms with E-state index in [4.69, 9.17) is 5.73 Å². The fraction of sp³-hybridized carbons (Fsp3) is 0.273. The van der Waals surface area contributed by atoms with Crippen molar-refractivity contribution < 1.29 is 23.3 Å². The molecule has 1 aromatic rings. The molecule has 0 saturated heterocycles. The van der Waals surface area contributed by atoms with Gasteiger partial charge in [0.05, 0.1) is 16.6 Å². The number of nitrogens with one attached hydrogen (secondary N) is 1. The van der Waals surface area contributed by atoms with Gasteiger partial charge in [0, 0.05) is 13.0 Å². The van der Waals surface area contributed by atoms with Crippen LogP contribution in [0.15, 0.2) is 12.1 Å². The summed E-state index contributed by atoms with van der Waals surface area (Å²) in [4.78, 5) is 31.3. The average molecular weight is 287 g/mol. The number of benzene rings is 1. The van der Waals surface area contributed by atoms with Gasteiger partial charge < -0.3 is 11.1 Å². The molecule has 0 aliphatic heterocycles. The molecule has 0 aromatic heterocycles. The largest absolute Gasteiger partial charge is 0.370 e. The Bertz CT molecular complexity index is 563. The van der Waals surface area contributed by atoms with Crippen molar-refractivity contribution in [1.82, 2.24) is 5.32 Å². The maximum atomic E-state index is 13.5. The number of amides is 2. The van der Waals surface area contributed by atoms with Gasteiger partial charge in [-0.3, -0.25) is 19.7 Å². The summed E-state index contributed by atoms with van der Waals surface area (Å²) in [5.74, 6) is -3.99. The van der Waals surface area contributed by atoms with Crippen molar-refractivity contribution in [2.75, 3.05) is 6.54 Å². The third-order valence-corrected chi connectivity index (χ3v) is 2.36. The molecule has 0 heterocycles. The van der Waals surface area contributed by atoms with Crippen LogP contribution in [0.5, 0.6) is 0 Å². The average Bonchev–Trinajstić information content (AvgIpc) is 2.36. The molecule has 0 aliphatic carbocycles. The Morgan fingerprint density at radius 1 is 1.30 bits per heavy atom. The van der Waals surface area contributed by atoms with E-state index in [1.54, 1.807) is 0 Å². The fourth-order valence-electron chi connectivity index (χ4n) is 1.41. The third kappa shape index (κ3) is 3.97. The quantitative estimate of drug-likeness (QED) is 0.458. The van der Waals surface area contributed by atoms with Crippen molar-refractivity contribution in [1.29, 1.82) is 0 Å². The highest BCUT2D eigenvalue weighted by Crippen LogP contribution is 2.21. The second-order valence-electron chi connectivity index (χ2n) is 3.87. The Morgan fingerprint density at radius 2 is 1.95 bits per heavy atom. The molecule has 1 rings (SSSR count). The van der Waals surface area contributed by atoms with E-state index < -0.39 is 39.6 Å². The van der Waals surface area contributed by atoms with Crippen LogP contribution in [0.3, 0.4) is 0 Å². The molecule has 0 atom stereocenters. The minimum atomic E-state index is -1.31. The van der Waals surface area contributed by atoms with Gasteiger partial charge in [0.2, 0.25) is 11.7 Å². The number of nitro groups is 1. The molecule has 108 valence electrons. The van der Waals surface area contributed by atoms with E-state index in [0.717, 1.165) is 0 Å². The molecule has 0 radical (unpaired) electrons. The van der Waals surface area contributed by atoms with Gasteiger partial charge in [-0.2, -0.15) is 4.39 Å². The number of hydrogen-bond acceptors (Lipinski definition) is 4. The first-order valence-corrected chi connectivity index (χ1v) is 5.53. The van der Waals surface area contributed by atoms with Gasteiger partial charge in [0.1, 0.15) is 5.82 Å². The van der Waals surface area contributed by atoms with Crippen LogP contribution >= 0.6 is 0 Å². The van der Waals surface area contributed by atoms with Crippen molar-refractivity contribution in [2.24, 2.45) is 5.73 Å². The van der Waals surface area contributed by atoms with Crippen molar-refractivity contribution in [3.05, 3.63) is 39.4 Å². The highest BCUT2D eigenvalue weighted by Gasteiger charge is 2.21. The van der Waals surface area contributed by atoms with Crippen LogP contribution in [0.4, 0.5) is 14.5 Å². The molecular weight excluding hydrogens is 276 g/mol. The van der Waals surface area contributed by atoms with Gasteiger partial charge >= 0.3 is 5.69 Å². The smallest absolute Gasteiger partial charge is 0.307 e. The molecule has 9 heteroatoms. The fourth-order valence-corrected chi connectivity index (χ4v) is 1.41. The summed E-state index contributed by atoms with van der Waals surface area (Å²) in [6, 6.07) is 0.796. The van der Waals surface area contributed by atoms with E-state index in [1.807, 2.05) is 0 Å². The van der Waals surface area contributed by atoms with Crippen LogP contribution in [0.2, 0.25) is 0 Å². The lowest BCUT2D eigenvalue weighted by molar-refractivity contribution is -0.387. The van der Waals surface area contributed by atoms with Gasteiger partial charge in [-0.15, -0.1) is 0 Å². The Kier molecular flexibility index (Phi) is 5.07. The van der Waals surface area contributed by atoms with Crippen LogP contribution in [0, 0.1) is 21.7 Å². The van der Waals surface area contributed by atoms with E-state index in [0.29, 0.717) is 12.1 Å². The lowest BCUT2D eigenvalue weighted by atomic mass is 10.1. The predicted molar refractivity (Wildman–Crippen MR) is 63.8 cm³/mol. The lowest BCUT2D eigenvalue weighted by Gasteiger charge is -2.06. The van der Waals surface area contributed by atoms with E-state index in [9.17, 15) is 28.5 Å². The predicted octanol–water partition coefficient (Wildman–Crippen LogP) is 0.868. The molecule has 0 aliphatic rings. The summed E-state index contributed by atoms with van der Waals surface area (Å²) in [5, 5.41) is 12.6. The zero-order valence-corrected chi connectivity index (χ0v) is 10.2. The molecule has 0 fully saturated rings. The van der Waals surface area contributed by atoms with Crippen molar-refractivity contribution in [3.63, 3.8) is 0 Å². The Balaban J connectivity index is 2.76. The molecule has 0 spiro atoms. The second kappa shape index (κ2) is 6.55. The van der Waals surface area contributed by atoms with Gasteiger partial charge in [-0.05, 0) is 12.5 Å². The van der Waals surface area contributed by atoms with Gasteiger partial charge in [-0.1, -0.05) is 0 Å². The summed E-state index contributed by atoms with van der Waals surface area (Å²) >= 11 is 0. The van der Waals surface area contributed by atoms with Gasteiger partial charge in [0.15, 0.2) is 0 Å².